The molecule has 0 spiro atoms. The van der Waals surface area contributed by atoms with E-state index >= 15 is 0 Å². The van der Waals surface area contributed by atoms with Gasteiger partial charge in [-0.2, -0.15) is 0 Å². The molecule has 0 aromatic heterocycles. The van der Waals surface area contributed by atoms with Gasteiger partial charge in [-0.25, -0.2) is 0 Å². The van der Waals surface area contributed by atoms with Gasteiger partial charge in [-0.1, -0.05) is 33.4 Å². The van der Waals surface area contributed by atoms with Crippen LogP contribution < -0.4 is 0 Å². The Balaban J connectivity index is 4.01. The lowest BCUT2D eigenvalue weighted by molar-refractivity contribution is 0.434. The zero-order valence-electron chi connectivity index (χ0n) is 7.62. The number of rotatable bonds is 4. The molecular formula is C10H15OP. The van der Waals surface area contributed by atoms with E-state index in [1.54, 1.807) is 5.82 Å². The van der Waals surface area contributed by atoms with Crippen LogP contribution in [0.25, 0.3) is 0 Å². The smallest absolute Gasteiger partial charge is 0.119 e. The molecule has 0 aliphatic heterocycles. The van der Waals surface area contributed by atoms with Crippen molar-refractivity contribution in [3.05, 3.63) is 35.9 Å². The number of aliphatic hydroxyl groups is 1. The standard InChI is InChI=1S/C10H15OP/c1-4-9(3)6-7-12-8-10(11)5-2/h5-8,11H,2,4H2,1,3H3/b9-6+,10-8+. The van der Waals surface area contributed by atoms with E-state index in [9.17, 15) is 0 Å². The molecule has 0 aromatic carbocycles. The van der Waals surface area contributed by atoms with Crippen molar-refractivity contribution in [3.63, 3.8) is 0 Å². The fraction of sp³-hybridized carbons (Fsp3) is 0.300. The Morgan fingerprint density at radius 3 is 2.75 bits per heavy atom. The fourth-order valence-electron chi connectivity index (χ4n) is 0.460. The van der Waals surface area contributed by atoms with Crippen LogP contribution in [0.2, 0.25) is 0 Å². The minimum atomic E-state index is 0.232. The monoisotopic (exact) mass is 182 g/mol. The lowest BCUT2D eigenvalue weighted by Crippen LogP contribution is -1.70. The molecular weight excluding hydrogens is 167 g/mol. The van der Waals surface area contributed by atoms with E-state index in [-0.39, 0.29) is 5.76 Å². The Morgan fingerprint density at radius 1 is 1.58 bits per heavy atom. The SMILES string of the molecule is C=C\C(O)=C/P=C\C=C(/C)CC. The molecule has 1 N–H and O–H groups in total. The lowest BCUT2D eigenvalue weighted by Gasteiger charge is -1.88. The first kappa shape index (κ1) is 11.2. The summed E-state index contributed by atoms with van der Waals surface area (Å²) in [5.41, 5.74) is 1.34. The van der Waals surface area contributed by atoms with Gasteiger partial charge in [0.2, 0.25) is 0 Å². The molecule has 0 aromatic rings. The van der Waals surface area contributed by atoms with Gasteiger partial charge in [0.25, 0.3) is 0 Å². The van der Waals surface area contributed by atoms with Crippen LogP contribution >= 0.6 is 8.20 Å². The Labute approximate surface area is 75.9 Å². The zero-order valence-corrected chi connectivity index (χ0v) is 8.51. The Kier molecular flexibility index (Phi) is 6.41. The predicted octanol–water partition coefficient (Wildman–Crippen LogP) is 3.68. The number of allylic oxidation sites excluding steroid dienone is 3. The van der Waals surface area contributed by atoms with E-state index in [0.29, 0.717) is 0 Å². The van der Waals surface area contributed by atoms with Gasteiger partial charge in [0, 0.05) is 5.82 Å². The number of hydrogen-bond acceptors (Lipinski definition) is 1. The van der Waals surface area contributed by atoms with E-state index in [2.05, 4.69) is 26.5 Å². The maximum absolute atomic E-state index is 8.98. The van der Waals surface area contributed by atoms with Crippen molar-refractivity contribution in [3.8, 4) is 0 Å². The largest absolute Gasteiger partial charge is 0.508 e. The van der Waals surface area contributed by atoms with Gasteiger partial charge >= 0.3 is 0 Å². The molecule has 2 heteroatoms. The minimum Gasteiger partial charge on any atom is -0.508 e. The second kappa shape index (κ2) is 6.87. The van der Waals surface area contributed by atoms with Crippen molar-refractivity contribution in [1.29, 1.82) is 0 Å². The maximum atomic E-state index is 8.98. The molecule has 12 heavy (non-hydrogen) atoms. The lowest BCUT2D eigenvalue weighted by atomic mass is 10.2. The topological polar surface area (TPSA) is 20.2 Å². The van der Waals surface area contributed by atoms with E-state index in [4.69, 9.17) is 5.11 Å². The van der Waals surface area contributed by atoms with E-state index < -0.39 is 0 Å². The first-order valence-corrected chi connectivity index (χ1v) is 4.94. The molecule has 0 radical (unpaired) electrons. The highest BCUT2D eigenvalue weighted by atomic mass is 31.1. The molecule has 0 amide bonds. The van der Waals surface area contributed by atoms with Gasteiger partial charge in [0.05, 0.1) is 0 Å². The average molecular weight is 182 g/mol. The van der Waals surface area contributed by atoms with Crippen LogP contribution in [0.1, 0.15) is 20.3 Å². The third-order valence-corrected chi connectivity index (χ3v) is 2.15. The Morgan fingerprint density at radius 2 is 2.25 bits per heavy atom. The fourth-order valence-corrected chi connectivity index (χ4v) is 1.14. The molecule has 0 aliphatic rings. The summed E-state index contributed by atoms with van der Waals surface area (Å²) in [6.45, 7) is 7.64. The summed E-state index contributed by atoms with van der Waals surface area (Å²) in [6, 6.07) is 0. The van der Waals surface area contributed by atoms with Gasteiger partial charge in [0.15, 0.2) is 0 Å². The van der Waals surface area contributed by atoms with Gasteiger partial charge in [-0.15, -0.1) is 0 Å². The third kappa shape index (κ3) is 5.94. The highest BCUT2D eigenvalue weighted by Gasteiger charge is 1.79. The van der Waals surface area contributed by atoms with Gasteiger partial charge < -0.3 is 5.11 Å². The van der Waals surface area contributed by atoms with Crippen LogP contribution in [-0.4, -0.2) is 10.9 Å². The van der Waals surface area contributed by atoms with Crippen molar-refractivity contribution in [2.75, 3.05) is 0 Å². The van der Waals surface area contributed by atoms with Crippen LogP contribution in [0.4, 0.5) is 0 Å². The van der Waals surface area contributed by atoms with E-state index in [1.807, 2.05) is 5.80 Å². The predicted molar refractivity (Wildman–Crippen MR) is 57.9 cm³/mol. The molecule has 0 rings (SSSR count). The van der Waals surface area contributed by atoms with Crippen molar-refractivity contribution in [2.45, 2.75) is 20.3 Å². The summed E-state index contributed by atoms with van der Waals surface area (Å²) >= 11 is 0. The molecule has 0 unspecified atom stereocenters. The average Bonchev–Trinajstić information content (AvgIpc) is 2.11. The highest BCUT2D eigenvalue weighted by molar-refractivity contribution is 7.42. The van der Waals surface area contributed by atoms with Crippen LogP contribution in [0, 0.1) is 0 Å². The summed E-state index contributed by atoms with van der Waals surface area (Å²) in [7, 11) is 0.988. The van der Waals surface area contributed by atoms with Crippen LogP contribution in [0.15, 0.2) is 35.9 Å². The first-order chi connectivity index (χ1) is 5.70. The number of hydrogen-bond donors (Lipinski definition) is 1. The third-order valence-electron chi connectivity index (χ3n) is 1.42. The van der Waals surface area contributed by atoms with E-state index in [1.165, 1.54) is 11.6 Å². The molecule has 0 saturated heterocycles. The van der Waals surface area contributed by atoms with Crippen molar-refractivity contribution in [1.82, 2.24) is 0 Å². The maximum Gasteiger partial charge on any atom is 0.119 e. The quantitative estimate of drug-likeness (QED) is 0.399. The second-order valence-electron chi connectivity index (χ2n) is 2.42. The molecule has 0 saturated carbocycles. The van der Waals surface area contributed by atoms with Gasteiger partial charge in [0.1, 0.15) is 5.76 Å². The molecule has 0 bridgehead atoms. The first-order valence-electron chi connectivity index (χ1n) is 3.91. The van der Waals surface area contributed by atoms with Gasteiger partial charge in [-0.3, -0.25) is 0 Å². The highest BCUT2D eigenvalue weighted by Crippen LogP contribution is 2.03. The Bertz CT molecular complexity index is 224. The Hall–Kier alpha value is -0.810. The van der Waals surface area contributed by atoms with Crippen LogP contribution in [0.3, 0.4) is 0 Å². The van der Waals surface area contributed by atoms with E-state index in [0.717, 1.165) is 14.6 Å². The molecule has 66 valence electrons. The summed E-state index contributed by atoms with van der Waals surface area (Å²) in [4.78, 5) is 0. The summed E-state index contributed by atoms with van der Waals surface area (Å²) in [6.07, 6.45) is 4.56. The number of aliphatic hydroxyl groups excluding tert-OH is 1. The van der Waals surface area contributed by atoms with Crippen molar-refractivity contribution >= 4 is 14.0 Å². The van der Waals surface area contributed by atoms with Crippen molar-refractivity contribution in [2.24, 2.45) is 0 Å². The minimum absolute atomic E-state index is 0.232. The second-order valence-corrected chi connectivity index (χ2v) is 3.28. The summed E-state index contributed by atoms with van der Waals surface area (Å²) in [5.74, 6) is 3.93. The molecule has 0 atom stereocenters. The van der Waals surface area contributed by atoms with Crippen LogP contribution in [0.5, 0.6) is 0 Å². The molecule has 0 aliphatic carbocycles. The summed E-state index contributed by atoms with van der Waals surface area (Å²) in [5, 5.41) is 8.98. The zero-order chi connectivity index (χ0) is 9.40. The van der Waals surface area contributed by atoms with Gasteiger partial charge in [-0.05, 0) is 25.2 Å². The summed E-state index contributed by atoms with van der Waals surface area (Å²) < 4.78 is 0. The van der Waals surface area contributed by atoms with Crippen LogP contribution in [-0.2, 0) is 0 Å². The molecule has 1 nitrogen and oxygen atoms in total. The molecule has 0 fully saturated rings. The normalized spacial score (nSPS) is 13.8. The van der Waals surface area contributed by atoms with Crippen molar-refractivity contribution < 1.29 is 5.11 Å². The molecule has 0 heterocycles.